The van der Waals surface area contributed by atoms with Gasteiger partial charge in [-0.15, -0.1) is 11.3 Å². The van der Waals surface area contributed by atoms with Crippen LogP contribution in [0.5, 0.6) is 0 Å². The molecule has 4 rings (SSSR count). The van der Waals surface area contributed by atoms with E-state index in [9.17, 15) is 4.79 Å². The van der Waals surface area contributed by atoms with Gasteiger partial charge in [0.1, 0.15) is 4.34 Å². The Hall–Kier alpha value is -2.02. The minimum Gasteiger partial charge on any atom is -0.368 e. The van der Waals surface area contributed by atoms with Gasteiger partial charge in [-0.2, -0.15) is 0 Å². The first-order chi connectivity index (χ1) is 14.2. The van der Waals surface area contributed by atoms with Crippen LogP contribution in [0.25, 0.3) is 0 Å². The summed E-state index contributed by atoms with van der Waals surface area (Å²) in [6.45, 7) is 3.25. The molecule has 1 fully saturated rings. The highest BCUT2D eigenvalue weighted by atomic mass is 35.5. The Morgan fingerprint density at radius 2 is 1.86 bits per heavy atom. The number of amides is 1. The van der Waals surface area contributed by atoms with Crippen LogP contribution in [0, 0.1) is 0 Å². The molecule has 0 spiro atoms. The molecule has 1 aliphatic rings. The van der Waals surface area contributed by atoms with Crippen LogP contribution >= 0.6 is 34.7 Å². The number of rotatable bonds is 6. The number of anilines is 1. The van der Waals surface area contributed by atoms with E-state index in [1.807, 2.05) is 34.5 Å². The van der Waals surface area contributed by atoms with Crippen molar-refractivity contribution in [2.75, 3.05) is 31.1 Å². The van der Waals surface area contributed by atoms with Crippen LogP contribution in [-0.2, 0) is 17.0 Å². The van der Waals surface area contributed by atoms with Gasteiger partial charge in [-0.05, 0) is 29.8 Å². The zero-order valence-electron chi connectivity index (χ0n) is 16.0. The van der Waals surface area contributed by atoms with Gasteiger partial charge < -0.3 is 9.80 Å². The Bertz CT molecular complexity index is 955. The van der Waals surface area contributed by atoms with Crippen molar-refractivity contribution >= 4 is 46.3 Å². The molecule has 7 heteroatoms. The Morgan fingerprint density at radius 3 is 2.62 bits per heavy atom. The van der Waals surface area contributed by atoms with E-state index in [1.165, 1.54) is 11.3 Å². The molecule has 1 saturated heterocycles. The molecule has 0 aliphatic carbocycles. The van der Waals surface area contributed by atoms with Crippen LogP contribution in [0.3, 0.4) is 0 Å². The summed E-state index contributed by atoms with van der Waals surface area (Å²) in [5, 5.41) is 2.75. The highest BCUT2D eigenvalue weighted by Crippen LogP contribution is 2.27. The first-order valence-corrected chi connectivity index (χ1v) is 11.8. The number of halogens is 1. The summed E-state index contributed by atoms with van der Waals surface area (Å²) in [5.74, 6) is 0.984. The third-order valence-electron chi connectivity index (χ3n) is 4.87. The third kappa shape index (κ3) is 5.53. The molecular weight excluding hydrogens is 422 g/mol. The largest absolute Gasteiger partial charge is 0.368 e. The van der Waals surface area contributed by atoms with Gasteiger partial charge in [0, 0.05) is 48.0 Å². The normalized spacial score (nSPS) is 14.2. The Kier molecular flexibility index (Phi) is 6.74. The number of aromatic nitrogens is 1. The minimum absolute atomic E-state index is 0.161. The molecule has 0 atom stereocenters. The van der Waals surface area contributed by atoms with Gasteiger partial charge in [0.25, 0.3) is 0 Å². The molecule has 0 unspecified atom stereocenters. The SMILES string of the molecule is O=C(Cc1csc(SCc2cccc(Cl)c2)n1)N1CCN(c2ccccc2)CC1. The zero-order valence-corrected chi connectivity index (χ0v) is 18.3. The minimum atomic E-state index is 0.161. The van der Waals surface area contributed by atoms with Crippen molar-refractivity contribution in [3.8, 4) is 0 Å². The van der Waals surface area contributed by atoms with E-state index in [0.717, 1.165) is 47.0 Å². The number of para-hydroxylation sites is 1. The monoisotopic (exact) mass is 443 g/mol. The van der Waals surface area contributed by atoms with Gasteiger partial charge in [0.2, 0.25) is 5.91 Å². The van der Waals surface area contributed by atoms with Crippen molar-refractivity contribution in [1.29, 1.82) is 0 Å². The van der Waals surface area contributed by atoms with E-state index in [2.05, 4.69) is 40.2 Å². The second kappa shape index (κ2) is 9.65. The molecule has 0 bridgehead atoms. The van der Waals surface area contributed by atoms with E-state index in [0.29, 0.717) is 6.42 Å². The summed E-state index contributed by atoms with van der Waals surface area (Å²) >= 11 is 9.32. The fourth-order valence-corrected chi connectivity index (χ4v) is 5.33. The molecule has 1 amide bonds. The quantitative estimate of drug-likeness (QED) is 0.503. The lowest BCUT2D eigenvalue weighted by molar-refractivity contribution is -0.130. The Morgan fingerprint density at radius 1 is 1.07 bits per heavy atom. The Balaban J connectivity index is 1.26. The summed E-state index contributed by atoms with van der Waals surface area (Å²) in [6, 6.07) is 18.2. The average molecular weight is 444 g/mol. The molecular formula is C22H22ClN3OS2. The van der Waals surface area contributed by atoms with E-state index < -0.39 is 0 Å². The smallest absolute Gasteiger partial charge is 0.228 e. The summed E-state index contributed by atoms with van der Waals surface area (Å²) < 4.78 is 0.988. The summed E-state index contributed by atoms with van der Waals surface area (Å²) in [5.41, 5.74) is 3.26. The van der Waals surface area contributed by atoms with E-state index >= 15 is 0 Å². The summed E-state index contributed by atoms with van der Waals surface area (Å²) in [7, 11) is 0. The highest BCUT2D eigenvalue weighted by molar-refractivity contribution is 8.00. The maximum atomic E-state index is 12.7. The van der Waals surface area contributed by atoms with Crippen LogP contribution in [-0.4, -0.2) is 42.0 Å². The lowest BCUT2D eigenvalue weighted by Crippen LogP contribution is -2.49. The standard InChI is InChI=1S/C22H22ClN3OS2/c23-18-6-4-5-17(13-18)15-28-22-24-19(16-29-22)14-21(27)26-11-9-25(10-12-26)20-7-2-1-3-8-20/h1-8,13,16H,9-12,14-15H2. The number of hydrogen-bond donors (Lipinski definition) is 0. The number of thioether (sulfide) groups is 1. The van der Waals surface area contributed by atoms with Gasteiger partial charge in [-0.25, -0.2) is 4.98 Å². The number of piperazine rings is 1. The summed E-state index contributed by atoms with van der Waals surface area (Å²) in [4.78, 5) is 21.6. The van der Waals surface area contributed by atoms with Crippen LogP contribution in [0.1, 0.15) is 11.3 Å². The predicted octanol–water partition coefficient (Wildman–Crippen LogP) is 4.98. The third-order valence-corrected chi connectivity index (χ3v) is 7.24. The zero-order chi connectivity index (χ0) is 20.1. The van der Waals surface area contributed by atoms with Crippen molar-refractivity contribution in [2.45, 2.75) is 16.5 Å². The lowest BCUT2D eigenvalue weighted by Gasteiger charge is -2.36. The van der Waals surface area contributed by atoms with Gasteiger partial charge >= 0.3 is 0 Å². The number of carbonyl (C=O) groups is 1. The number of nitrogens with zero attached hydrogens (tertiary/aromatic N) is 3. The fraction of sp³-hybridized carbons (Fsp3) is 0.273. The number of hydrogen-bond acceptors (Lipinski definition) is 5. The van der Waals surface area contributed by atoms with Crippen LogP contribution in [0.2, 0.25) is 5.02 Å². The second-order valence-electron chi connectivity index (χ2n) is 6.90. The van der Waals surface area contributed by atoms with Gasteiger partial charge in [0.15, 0.2) is 0 Å². The molecule has 3 aromatic rings. The van der Waals surface area contributed by atoms with Gasteiger partial charge in [0.05, 0.1) is 12.1 Å². The average Bonchev–Trinajstić information content (AvgIpc) is 3.20. The van der Waals surface area contributed by atoms with Crippen molar-refractivity contribution in [3.63, 3.8) is 0 Å². The van der Waals surface area contributed by atoms with Crippen molar-refractivity contribution in [1.82, 2.24) is 9.88 Å². The molecule has 1 aromatic heterocycles. The van der Waals surface area contributed by atoms with E-state index in [-0.39, 0.29) is 5.91 Å². The highest BCUT2D eigenvalue weighted by Gasteiger charge is 2.22. The van der Waals surface area contributed by atoms with Crippen LogP contribution in [0.4, 0.5) is 5.69 Å². The number of thiazole rings is 1. The van der Waals surface area contributed by atoms with Gasteiger partial charge in [-0.3, -0.25) is 4.79 Å². The molecule has 2 heterocycles. The number of carbonyl (C=O) groups excluding carboxylic acids is 1. The molecule has 0 N–H and O–H groups in total. The topological polar surface area (TPSA) is 36.4 Å². The maximum Gasteiger partial charge on any atom is 0.228 e. The van der Waals surface area contributed by atoms with E-state index in [1.54, 1.807) is 23.1 Å². The number of benzene rings is 2. The van der Waals surface area contributed by atoms with Crippen molar-refractivity contribution in [2.24, 2.45) is 0 Å². The fourth-order valence-electron chi connectivity index (χ4n) is 3.33. The first-order valence-electron chi connectivity index (χ1n) is 9.57. The predicted molar refractivity (Wildman–Crippen MR) is 122 cm³/mol. The second-order valence-corrected chi connectivity index (χ2v) is 9.42. The molecule has 29 heavy (non-hydrogen) atoms. The first kappa shape index (κ1) is 20.3. The van der Waals surface area contributed by atoms with Crippen molar-refractivity contribution < 1.29 is 4.79 Å². The Labute approximate surface area is 184 Å². The van der Waals surface area contributed by atoms with Crippen LogP contribution < -0.4 is 4.90 Å². The molecule has 1 aliphatic heterocycles. The maximum absolute atomic E-state index is 12.7. The van der Waals surface area contributed by atoms with Crippen molar-refractivity contribution in [3.05, 3.63) is 76.3 Å². The van der Waals surface area contributed by atoms with E-state index in [4.69, 9.17) is 11.6 Å². The molecule has 0 radical (unpaired) electrons. The van der Waals surface area contributed by atoms with Gasteiger partial charge in [-0.1, -0.05) is 53.7 Å². The molecule has 150 valence electrons. The lowest BCUT2D eigenvalue weighted by atomic mass is 10.2. The molecule has 4 nitrogen and oxygen atoms in total. The molecule has 0 saturated carbocycles. The molecule has 2 aromatic carbocycles. The summed E-state index contributed by atoms with van der Waals surface area (Å²) in [6.07, 6.45) is 0.375. The van der Waals surface area contributed by atoms with Crippen LogP contribution in [0.15, 0.2) is 64.3 Å².